The molecule has 5 aliphatic heterocycles. The average Bonchev–Trinajstić information content (AvgIpc) is 1.66. The molecule has 4 saturated heterocycles. The van der Waals surface area contributed by atoms with E-state index in [-0.39, 0.29) is 97.6 Å². The number of carbonyl (C=O) groups excluding carboxylic acids is 4. The number of alkyl halides is 4. The predicted molar refractivity (Wildman–Crippen MR) is 328 cm³/mol. The van der Waals surface area contributed by atoms with E-state index >= 15 is 22.0 Å². The largest absolute Gasteiger partial charge is 0.464 e. The Hall–Kier alpha value is -5.37. The van der Waals surface area contributed by atoms with Gasteiger partial charge in [-0.1, -0.05) is 33.6 Å². The van der Waals surface area contributed by atoms with Crippen LogP contribution in [0.1, 0.15) is 127 Å². The number of epoxide rings is 1. The number of methoxy groups -OCH3 is 1. The highest BCUT2D eigenvalue weighted by molar-refractivity contribution is 7.10. The number of benzene rings is 1. The van der Waals surface area contributed by atoms with E-state index in [0.29, 0.717) is 91.6 Å². The maximum atomic E-state index is 17.2. The summed E-state index contributed by atoms with van der Waals surface area (Å²) < 4.78 is 100.0. The molecule has 89 heavy (non-hydrogen) atoms. The number of carbonyl (C=O) groups is 4. The van der Waals surface area contributed by atoms with Crippen molar-refractivity contribution in [2.24, 2.45) is 29.1 Å². The SMILES string of the molecule is CN[C@H](C1CC1)C(C)C1OC1N1CCC(F)(C(=O)N(C)[C@H](C(=O)NC[C@H]2Cc3nc(cs3)-c3cc4c(cc3F)c(CC(F)(F)F)c(-c3cc(N5CCN(C6CC6)CC5)cnc3[C@H](C)OC)n4CC(C)(C)COC(=O)[C@@H]3CCCN(N3)C2=O)C2CCCC2)CC1. The molecule has 3 N–H and O–H groups in total. The summed E-state index contributed by atoms with van der Waals surface area (Å²) in [7, 11) is 5.00. The smallest absolute Gasteiger partial charge is 0.393 e. The second kappa shape index (κ2) is 25.6. The van der Waals surface area contributed by atoms with Crippen LogP contribution in [0.5, 0.6) is 0 Å². The van der Waals surface area contributed by atoms with E-state index in [4.69, 9.17) is 24.2 Å². The van der Waals surface area contributed by atoms with Gasteiger partial charge in [0.1, 0.15) is 30.2 Å². The maximum Gasteiger partial charge on any atom is 0.393 e. The number of hydrazine groups is 1. The number of thiazole rings is 1. The van der Waals surface area contributed by atoms with E-state index in [2.05, 4.69) is 37.7 Å². The molecule has 8 heterocycles. The number of fused-ring (bicyclic) bond motifs is 6. The van der Waals surface area contributed by atoms with Crippen molar-refractivity contribution < 1.29 is 55.3 Å². The van der Waals surface area contributed by atoms with Crippen molar-refractivity contribution in [1.29, 1.82) is 0 Å². The molecular formula is C65H88F5N11O7S. The Morgan fingerprint density at radius 3 is 2.34 bits per heavy atom. The van der Waals surface area contributed by atoms with Gasteiger partial charge in [0.25, 0.3) is 5.91 Å². The van der Waals surface area contributed by atoms with Crippen molar-refractivity contribution in [3.63, 3.8) is 0 Å². The summed E-state index contributed by atoms with van der Waals surface area (Å²) >= 11 is 1.17. The summed E-state index contributed by atoms with van der Waals surface area (Å²) in [5, 5.41) is 9.96. The first-order valence-corrected chi connectivity index (χ1v) is 33.3. The Kier molecular flexibility index (Phi) is 18.3. The van der Waals surface area contributed by atoms with Gasteiger partial charge in [-0.05, 0) is 101 Å². The molecule has 3 aromatic heterocycles. The second-order valence-electron chi connectivity index (χ2n) is 27.6. The fourth-order valence-electron chi connectivity index (χ4n) is 15.2. The van der Waals surface area contributed by atoms with Gasteiger partial charge >= 0.3 is 12.1 Å². The number of halogens is 5. The highest BCUT2D eigenvalue weighted by atomic mass is 32.1. The van der Waals surface area contributed by atoms with Crippen LogP contribution >= 0.6 is 11.3 Å². The van der Waals surface area contributed by atoms with Crippen LogP contribution in [0.15, 0.2) is 29.8 Å². The van der Waals surface area contributed by atoms with E-state index in [9.17, 15) is 19.2 Å². The molecule has 3 unspecified atom stereocenters. The molecule has 24 heteroatoms. The summed E-state index contributed by atoms with van der Waals surface area (Å²) in [6.45, 7) is 11.3. The van der Waals surface area contributed by atoms with E-state index in [1.165, 1.54) is 67.2 Å². The minimum Gasteiger partial charge on any atom is -0.464 e. The zero-order chi connectivity index (χ0) is 62.8. The Bertz CT molecular complexity index is 3260. The number of esters is 1. The van der Waals surface area contributed by atoms with Gasteiger partial charge in [0.2, 0.25) is 11.8 Å². The maximum absolute atomic E-state index is 17.2. The molecule has 486 valence electrons. The molecular weight excluding hydrogens is 1170 g/mol. The van der Waals surface area contributed by atoms with Crippen LogP contribution in [0.3, 0.4) is 0 Å². The molecule has 3 saturated carbocycles. The Balaban J connectivity index is 0.847. The van der Waals surface area contributed by atoms with Crippen LogP contribution < -0.4 is 21.0 Å². The lowest BCUT2D eigenvalue weighted by molar-refractivity contribution is -0.156. The van der Waals surface area contributed by atoms with E-state index in [0.717, 1.165) is 37.7 Å². The number of ether oxygens (including phenoxy) is 3. The van der Waals surface area contributed by atoms with Gasteiger partial charge in [0.15, 0.2) is 5.67 Å². The van der Waals surface area contributed by atoms with Crippen molar-refractivity contribution in [3.8, 4) is 22.5 Å². The quantitative estimate of drug-likeness (QED) is 0.0519. The van der Waals surface area contributed by atoms with Crippen LogP contribution in [0.25, 0.3) is 33.4 Å². The number of cyclic esters (lactones) is 1. The van der Waals surface area contributed by atoms with Crippen molar-refractivity contribution in [3.05, 3.63) is 51.9 Å². The number of piperidine rings is 1. The standard InChI is InChI=1S/C65H88F5N11O7S/c1-37(53(71-5)39-14-15-39)57-60(88-57)79-21-18-64(67,19-22-79)62(85)76(6)55(40-11-8-9-12-40)58(82)73-32-41-27-52-74-50(34-89-52)45-30-51-44(29-48(45)66)47(31-65(68,69)70)56(80(51)35-63(3,4)36-87-61(84)49-13-10-20-81(75-49)59(41)83)46-28-43(33-72-54(46)38(2)86-7)78-25-23-77(24-26-78)42-16-17-42/h28-30,33-34,37-42,49,53,55,57,60,71,75H,8-27,31-32,35-36H2,1-7H3,(H,73,82)/t37?,38-,41+,49-,53-,55-,57?,60?/m0/s1. The lowest BCUT2D eigenvalue weighted by atomic mass is 9.88. The van der Waals surface area contributed by atoms with Gasteiger partial charge in [0, 0.05) is 143 Å². The molecule has 8 atom stereocenters. The van der Waals surface area contributed by atoms with Gasteiger partial charge in [0.05, 0.1) is 59.0 Å². The molecule has 6 bridgehead atoms. The third-order valence-electron chi connectivity index (χ3n) is 20.6. The monoisotopic (exact) mass is 1260 g/mol. The van der Waals surface area contributed by atoms with Crippen LogP contribution in [-0.2, 0) is 52.8 Å². The number of nitrogens with one attached hydrogen (secondary N) is 3. The summed E-state index contributed by atoms with van der Waals surface area (Å²) in [6.07, 6.45) is 3.25. The van der Waals surface area contributed by atoms with Crippen molar-refractivity contribution in [1.82, 2.24) is 50.3 Å². The summed E-state index contributed by atoms with van der Waals surface area (Å²) in [6, 6.07) is 3.54. The molecule has 3 aliphatic carbocycles. The molecule has 3 amide bonds. The van der Waals surface area contributed by atoms with Gasteiger partial charge in [-0.2, -0.15) is 13.2 Å². The lowest BCUT2D eigenvalue weighted by Crippen LogP contribution is -2.60. The zero-order valence-electron chi connectivity index (χ0n) is 52.4. The summed E-state index contributed by atoms with van der Waals surface area (Å²) in [4.78, 5) is 76.5. The molecule has 1 aromatic carbocycles. The normalized spacial score (nSPS) is 26.2. The van der Waals surface area contributed by atoms with Crippen molar-refractivity contribution in [2.45, 2.75) is 179 Å². The number of nitrogens with zero attached hydrogens (tertiary/aromatic N) is 8. The third kappa shape index (κ3) is 13.6. The fourth-order valence-corrected chi connectivity index (χ4v) is 16.0. The average molecular weight is 1260 g/mol. The number of hydrogen-bond acceptors (Lipinski definition) is 15. The first-order chi connectivity index (χ1) is 42.5. The number of rotatable bonds is 17. The summed E-state index contributed by atoms with van der Waals surface area (Å²) in [5.41, 5.74) is 2.08. The number of likely N-dealkylation sites (tertiary alicyclic amines) is 1. The first kappa shape index (κ1) is 63.8. The molecule has 7 fully saturated rings. The van der Waals surface area contributed by atoms with Gasteiger partial charge in [-0.15, -0.1) is 11.3 Å². The van der Waals surface area contributed by atoms with Gasteiger partial charge in [-0.3, -0.25) is 39.0 Å². The Labute approximate surface area is 522 Å². The van der Waals surface area contributed by atoms with E-state index < -0.39 is 77.3 Å². The lowest BCUT2D eigenvalue weighted by Gasteiger charge is -2.40. The number of likely N-dealkylation sites (N-methyl/N-ethyl adjacent to an activating group) is 1. The van der Waals surface area contributed by atoms with E-state index in [1.54, 1.807) is 23.1 Å². The van der Waals surface area contributed by atoms with Crippen LogP contribution in [-0.4, -0.2) is 186 Å². The predicted octanol–water partition coefficient (Wildman–Crippen LogP) is 8.60. The number of hydrogen-bond donors (Lipinski definition) is 3. The first-order valence-electron chi connectivity index (χ1n) is 32.4. The topological polar surface area (TPSA) is 182 Å². The molecule has 8 aliphatic rings. The minimum atomic E-state index is -4.73. The van der Waals surface area contributed by atoms with E-state index in [1.807, 2.05) is 27.0 Å². The summed E-state index contributed by atoms with van der Waals surface area (Å²) in [5.74, 6) is -3.48. The molecule has 12 rings (SSSR count). The van der Waals surface area contributed by atoms with Crippen LogP contribution in [0.2, 0.25) is 0 Å². The molecule has 0 radical (unpaired) electrons. The molecule has 0 spiro atoms. The second-order valence-corrected chi connectivity index (χ2v) is 28.5. The number of anilines is 1. The highest BCUT2D eigenvalue weighted by Crippen LogP contribution is 2.47. The minimum absolute atomic E-state index is 0.0196. The fraction of sp³-hybridized carbons (Fsp3) is 0.692. The number of aromatic nitrogens is 3. The zero-order valence-corrected chi connectivity index (χ0v) is 53.3. The van der Waals surface area contributed by atoms with Gasteiger partial charge < -0.3 is 39.2 Å². The van der Waals surface area contributed by atoms with Gasteiger partial charge in [-0.25, -0.2) is 19.2 Å². The van der Waals surface area contributed by atoms with Crippen LogP contribution in [0, 0.1) is 34.9 Å². The molecule has 4 aromatic rings. The number of amides is 3. The Morgan fingerprint density at radius 1 is 0.933 bits per heavy atom. The molecule has 18 nitrogen and oxygen atoms in total. The van der Waals surface area contributed by atoms with Crippen molar-refractivity contribution in [2.75, 3.05) is 85.1 Å². The van der Waals surface area contributed by atoms with Crippen LogP contribution in [0.4, 0.5) is 27.6 Å². The highest BCUT2D eigenvalue weighted by Gasteiger charge is 2.55. The number of piperazine rings is 1. The Morgan fingerprint density at radius 2 is 1.66 bits per heavy atom. The third-order valence-corrected chi connectivity index (χ3v) is 21.4. The van der Waals surface area contributed by atoms with Crippen molar-refractivity contribution >= 4 is 51.6 Å². The number of pyridine rings is 1.